The number of hydrogen-bond donors (Lipinski definition) is 2. The van der Waals surface area contributed by atoms with E-state index in [2.05, 4.69) is 15.6 Å². The standard InChI is InChI=1S/C16H30F3N5O3S.HI/c1-12(2)9-20-15(22-11-14(25)23(3)4)21-10-13-5-7-24(8-6-13)28(26,27)16(17,18)19;/h12-13H,5-11H2,1-4H3,(H2,20,21,22);1H. The van der Waals surface area contributed by atoms with Gasteiger partial charge in [-0.3, -0.25) is 4.79 Å². The van der Waals surface area contributed by atoms with E-state index in [1.54, 1.807) is 14.1 Å². The van der Waals surface area contributed by atoms with Crippen LogP contribution < -0.4 is 10.6 Å². The Morgan fingerprint density at radius 2 is 1.76 bits per heavy atom. The van der Waals surface area contributed by atoms with Crippen LogP contribution in [0.4, 0.5) is 13.2 Å². The molecule has 0 atom stereocenters. The van der Waals surface area contributed by atoms with Gasteiger partial charge >= 0.3 is 15.5 Å². The molecule has 0 unspecified atom stereocenters. The minimum absolute atomic E-state index is 0. The number of guanidine groups is 1. The molecule has 1 rings (SSSR count). The van der Waals surface area contributed by atoms with Crippen molar-refractivity contribution in [1.82, 2.24) is 19.8 Å². The van der Waals surface area contributed by atoms with Gasteiger partial charge in [-0.15, -0.1) is 24.0 Å². The summed E-state index contributed by atoms with van der Waals surface area (Å²) in [4.78, 5) is 17.4. The van der Waals surface area contributed by atoms with Crippen LogP contribution in [0.2, 0.25) is 0 Å². The highest BCUT2D eigenvalue weighted by Crippen LogP contribution is 2.30. The molecule has 0 radical (unpaired) electrons. The van der Waals surface area contributed by atoms with Crippen LogP contribution in [0.15, 0.2) is 4.99 Å². The Bertz CT molecular complexity index is 649. The van der Waals surface area contributed by atoms with Gasteiger partial charge in [-0.1, -0.05) is 13.8 Å². The molecular weight excluding hydrogens is 526 g/mol. The highest BCUT2D eigenvalue weighted by atomic mass is 127. The molecule has 1 amide bonds. The summed E-state index contributed by atoms with van der Waals surface area (Å²) in [5.41, 5.74) is -5.27. The lowest BCUT2D eigenvalue weighted by Gasteiger charge is -2.31. The summed E-state index contributed by atoms with van der Waals surface area (Å²) >= 11 is 0. The molecule has 8 nitrogen and oxygen atoms in total. The number of nitrogens with zero attached hydrogens (tertiary/aromatic N) is 3. The lowest BCUT2D eigenvalue weighted by Crippen LogP contribution is -2.47. The minimum Gasteiger partial charge on any atom is -0.356 e. The number of piperidine rings is 1. The number of aliphatic imine (C=N–C) groups is 1. The molecule has 1 aliphatic heterocycles. The summed E-state index contributed by atoms with van der Waals surface area (Å²) in [6.45, 7) is 4.75. The number of halogens is 4. The van der Waals surface area contributed by atoms with Gasteiger partial charge in [-0.2, -0.15) is 17.5 Å². The van der Waals surface area contributed by atoms with Gasteiger partial charge in [0, 0.05) is 40.3 Å². The predicted molar refractivity (Wildman–Crippen MR) is 117 cm³/mol. The van der Waals surface area contributed by atoms with Crippen molar-refractivity contribution in [1.29, 1.82) is 0 Å². The van der Waals surface area contributed by atoms with Crippen LogP contribution in [0.5, 0.6) is 0 Å². The zero-order chi connectivity index (χ0) is 21.5. The molecular formula is C16H31F3IN5O3S. The van der Waals surface area contributed by atoms with Crippen molar-refractivity contribution in [2.45, 2.75) is 32.2 Å². The maximum atomic E-state index is 12.6. The quantitative estimate of drug-likeness (QED) is 0.281. The number of alkyl halides is 3. The molecule has 0 aliphatic carbocycles. The number of carbonyl (C=O) groups excluding carboxylic acids is 1. The molecule has 1 fully saturated rings. The number of hydrogen-bond acceptors (Lipinski definition) is 4. The fourth-order valence-electron chi connectivity index (χ4n) is 2.50. The molecule has 172 valence electrons. The molecule has 0 saturated carbocycles. The second-order valence-corrected chi connectivity index (χ2v) is 9.33. The van der Waals surface area contributed by atoms with Crippen LogP contribution in [0, 0.1) is 11.8 Å². The van der Waals surface area contributed by atoms with E-state index in [0.717, 1.165) is 0 Å². The Labute approximate surface area is 187 Å². The molecule has 2 N–H and O–H groups in total. The Morgan fingerprint density at radius 3 is 2.21 bits per heavy atom. The average Bonchev–Trinajstić information content (AvgIpc) is 2.59. The summed E-state index contributed by atoms with van der Waals surface area (Å²) in [5.74, 6) is 0.660. The van der Waals surface area contributed by atoms with Crippen LogP contribution in [-0.4, -0.2) is 81.8 Å². The van der Waals surface area contributed by atoms with Crippen LogP contribution in [0.25, 0.3) is 0 Å². The van der Waals surface area contributed by atoms with Gasteiger partial charge in [0.25, 0.3) is 0 Å². The van der Waals surface area contributed by atoms with Gasteiger partial charge in [0.2, 0.25) is 5.91 Å². The molecule has 1 saturated heterocycles. The average molecular weight is 557 g/mol. The topological polar surface area (TPSA) is 94.1 Å². The van der Waals surface area contributed by atoms with Crippen LogP contribution in [0.1, 0.15) is 26.7 Å². The Morgan fingerprint density at radius 1 is 1.21 bits per heavy atom. The monoisotopic (exact) mass is 557 g/mol. The van der Waals surface area contributed by atoms with Crippen molar-refractivity contribution >= 4 is 45.9 Å². The van der Waals surface area contributed by atoms with Crippen molar-refractivity contribution < 1.29 is 26.4 Å². The normalized spacial score (nSPS) is 17.0. The second-order valence-electron chi connectivity index (χ2n) is 7.40. The molecule has 0 aromatic carbocycles. The fourth-order valence-corrected chi connectivity index (χ4v) is 3.49. The van der Waals surface area contributed by atoms with E-state index in [-0.39, 0.29) is 55.4 Å². The third kappa shape index (κ3) is 9.24. The van der Waals surface area contributed by atoms with Gasteiger partial charge in [-0.05, 0) is 24.7 Å². The molecule has 0 bridgehead atoms. The van der Waals surface area contributed by atoms with Crippen LogP contribution in [0.3, 0.4) is 0 Å². The first-order valence-corrected chi connectivity index (χ1v) is 10.6. The van der Waals surface area contributed by atoms with Crippen molar-refractivity contribution in [2.24, 2.45) is 16.8 Å². The Kier molecular flexibility index (Phi) is 11.8. The zero-order valence-electron chi connectivity index (χ0n) is 17.1. The summed E-state index contributed by atoms with van der Waals surface area (Å²) in [5, 5.41) is 6.22. The van der Waals surface area contributed by atoms with Crippen molar-refractivity contribution in [3.05, 3.63) is 0 Å². The highest BCUT2D eigenvalue weighted by molar-refractivity contribution is 14.0. The van der Waals surface area contributed by atoms with E-state index >= 15 is 0 Å². The summed E-state index contributed by atoms with van der Waals surface area (Å²) < 4.78 is 61.3. The van der Waals surface area contributed by atoms with E-state index in [4.69, 9.17) is 0 Å². The molecule has 0 aromatic rings. The van der Waals surface area contributed by atoms with E-state index < -0.39 is 15.5 Å². The lowest BCUT2D eigenvalue weighted by atomic mass is 9.98. The van der Waals surface area contributed by atoms with Crippen molar-refractivity contribution in [3.63, 3.8) is 0 Å². The van der Waals surface area contributed by atoms with Gasteiger partial charge in [0.15, 0.2) is 5.96 Å². The van der Waals surface area contributed by atoms with Crippen LogP contribution in [-0.2, 0) is 14.8 Å². The van der Waals surface area contributed by atoms with E-state index in [9.17, 15) is 26.4 Å². The molecule has 13 heteroatoms. The number of likely N-dealkylation sites (N-methyl/N-ethyl adjacent to an activating group) is 1. The van der Waals surface area contributed by atoms with Crippen molar-refractivity contribution in [3.8, 4) is 0 Å². The maximum absolute atomic E-state index is 12.6. The summed E-state index contributed by atoms with van der Waals surface area (Å²) in [7, 11) is -2.00. The number of rotatable bonds is 7. The summed E-state index contributed by atoms with van der Waals surface area (Å²) in [6, 6.07) is 0. The SMILES string of the molecule is CC(C)CNC(=NCC(=O)N(C)C)NCC1CCN(S(=O)(=O)C(F)(F)F)CC1.I. The number of amides is 1. The first-order chi connectivity index (χ1) is 12.8. The summed E-state index contributed by atoms with van der Waals surface area (Å²) in [6.07, 6.45) is 0.632. The van der Waals surface area contributed by atoms with Crippen LogP contribution >= 0.6 is 24.0 Å². The maximum Gasteiger partial charge on any atom is 0.511 e. The van der Waals surface area contributed by atoms with Gasteiger partial charge in [0.1, 0.15) is 6.54 Å². The number of nitrogens with one attached hydrogen (secondary N) is 2. The molecule has 1 heterocycles. The fraction of sp³-hybridized carbons (Fsp3) is 0.875. The first kappa shape index (κ1) is 28.2. The molecule has 0 aromatic heterocycles. The Hall–Kier alpha value is -0.830. The second kappa shape index (κ2) is 12.1. The molecule has 1 aliphatic rings. The smallest absolute Gasteiger partial charge is 0.356 e. The van der Waals surface area contributed by atoms with E-state index in [1.165, 1.54) is 4.90 Å². The number of carbonyl (C=O) groups is 1. The lowest BCUT2D eigenvalue weighted by molar-refractivity contribution is -0.127. The van der Waals surface area contributed by atoms with Crippen molar-refractivity contribution in [2.75, 3.05) is 46.8 Å². The molecule has 29 heavy (non-hydrogen) atoms. The highest BCUT2D eigenvalue weighted by Gasteiger charge is 2.50. The Balaban J connectivity index is 0.00000784. The van der Waals surface area contributed by atoms with E-state index in [1.807, 2.05) is 13.8 Å². The third-order valence-corrected chi connectivity index (χ3v) is 5.94. The number of sulfonamides is 1. The third-order valence-electron chi connectivity index (χ3n) is 4.31. The molecule has 0 spiro atoms. The predicted octanol–water partition coefficient (Wildman–Crippen LogP) is 1.45. The zero-order valence-corrected chi connectivity index (χ0v) is 20.3. The van der Waals surface area contributed by atoms with E-state index in [0.29, 0.717) is 42.1 Å². The largest absolute Gasteiger partial charge is 0.511 e. The van der Waals surface area contributed by atoms with Gasteiger partial charge < -0.3 is 15.5 Å². The minimum atomic E-state index is -5.27. The van der Waals surface area contributed by atoms with Gasteiger partial charge in [-0.25, -0.2) is 13.4 Å². The first-order valence-electron chi connectivity index (χ1n) is 9.13. The van der Waals surface area contributed by atoms with Gasteiger partial charge in [0.05, 0.1) is 0 Å².